The van der Waals surface area contributed by atoms with Gasteiger partial charge in [0.2, 0.25) is 0 Å². The molecule has 0 saturated heterocycles. The van der Waals surface area contributed by atoms with Crippen molar-refractivity contribution < 1.29 is 0 Å². The largest absolute Gasteiger partial charge is 0.326 e. The van der Waals surface area contributed by atoms with E-state index in [2.05, 4.69) is 55.5 Å². The van der Waals surface area contributed by atoms with Crippen molar-refractivity contribution >= 4 is 0 Å². The summed E-state index contributed by atoms with van der Waals surface area (Å²) in [5.41, 5.74) is 10.7. The van der Waals surface area contributed by atoms with Crippen LogP contribution in [0, 0.1) is 0 Å². The summed E-state index contributed by atoms with van der Waals surface area (Å²) in [5.74, 6) is 0. The number of hydrogen-bond acceptors (Lipinski definition) is 1. The zero-order valence-corrected chi connectivity index (χ0v) is 10.3. The molecule has 1 nitrogen and oxygen atoms in total. The summed E-state index contributed by atoms with van der Waals surface area (Å²) >= 11 is 0. The van der Waals surface area contributed by atoms with Gasteiger partial charge in [0.05, 0.1) is 0 Å². The second kappa shape index (κ2) is 5.65. The number of rotatable bonds is 4. The van der Waals surface area contributed by atoms with Crippen LogP contribution in [0.5, 0.6) is 0 Å². The maximum atomic E-state index is 5.59. The van der Waals surface area contributed by atoms with Crippen molar-refractivity contribution in [1.82, 2.24) is 0 Å². The van der Waals surface area contributed by atoms with Crippen LogP contribution in [0.2, 0.25) is 0 Å². The van der Waals surface area contributed by atoms with E-state index >= 15 is 0 Å². The first-order valence-electron chi connectivity index (χ1n) is 6.22. The zero-order chi connectivity index (χ0) is 12.1. The zero-order valence-electron chi connectivity index (χ0n) is 10.3. The lowest BCUT2D eigenvalue weighted by atomic mass is 10.0. The van der Waals surface area contributed by atoms with Crippen LogP contribution >= 0.6 is 0 Å². The Morgan fingerprint density at radius 1 is 0.765 bits per heavy atom. The Morgan fingerprint density at radius 2 is 1.24 bits per heavy atom. The molecule has 0 radical (unpaired) electrons. The van der Waals surface area contributed by atoms with Gasteiger partial charge < -0.3 is 5.73 Å². The Labute approximate surface area is 103 Å². The van der Waals surface area contributed by atoms with Crippen LogP contribution in [0.1, 0.15) is 24.5 Å². The molecule has 0 atom stereocenters. The molecule has 0 saturated carbocycles. The van der Waals surface area contributed by atoms with Crippen molar-refractivity contribution in [2.45, 2.75) is 26.3 Å². The topological polar surface area (TPSA) is 26.0 Å². The monoisotopic (exact) mass is 225 g/mol. The van der Waals surface area contributed by atoms with Gasteiger partial charge in [0.1, 0.15) is 0 Å². The van der Waals surface area contributed by atoms with Gasteiger partial charge in [0, 0.05) is 6.54 Å². The SMILES string of the molecule is CCCc1ccc(-c2ccc(CN)cc2)cc1. The number of nitrogens with two attached hydrogens (primary N) is 1. The van der Waals surface area contributed by atoms with Crippen molar-refractivity contribution in [3.05, 3.63) is 59.7 Å². The lowest BCUT2D eigenvalue weighted by molar-refractivity contribution is 0.922. The Kier molecular flexibility index (Phi) is 3.94. The highest BCUT2D eigenvalue weighted by atomic mass is 14.5. The van der Waals surface area contributed by atoms with Gasteiger partial charge >= 0.3 is 0 Å². The van der Waals surface area contributed by atoms with Gasteiger partial charge in [-0.05, 0) is 28.7 Å². The molecular formula is C16H19N. The predicted molar refractivity (Wildman–Crippen MR) is 73.8 cm³/mol. The Bertz CT molecular complexity index is 454. The van der Waals surface area contributed by atoms with E-state index in [0.29, 0.717) is 6.54 Å². The lowest BCUT2D eigenvalue weighted by Gasteiger charge is -2.05. The highest BCUT2D eigenvalue weighted by molar-refractivity contribution is 5.63. The molecule has 0 unspecified atom stereocenters. The van der Waals surface area contributed by atoms with E-state index in [-0.39, 0.29) is 0 Å². The van der Waals surface area contributed by atoms with Crippen LogP contribution in [0.3, 0.4) is 0 Å². The average Bonchev–Trinajstić information content (AvgIpc) is 2.40. The highest BCUT2D eigenvalue weighted by Crippen LogP contribution is 2.20. The first-order chi connectivity index (χ1) is 8.33. The number of hydrogen-bond donors (Lipinski definition) is 1. The normalized spacial score (nSPS) is 10.5. The van der Waals surface area contributed by atoms with E-state index in [0.717, 1.165) is 6.42 Å². The van der Waals surface area contributed by atoms with Crippen molar-refractivity contribution in [2.24, 2.45) is 5.73 Å². The van der Waals surface area contributed by atoms with Gasteiger partial charge in [-0.1, -0.05) is 61.9 Å². The van der Waals surface area contributed by atoms with E-state index < -0.39 is 0 Å². The molecule has 2 aromatic carbocycles. The molecule has 2 rings (SSSR count). The molecule has 0 heterocycles. The smallest absolute Gasteiger partial charge is 0.0178 e. The van der Waals surface area contributed by atoms with E-state index in [1.54, 1.807) is 0 Å². The minimum absolute atomic E-state index is 0.607. The van der Waals surface area contributed by atoms with Crippen molar-refractivity contribution in [2.75, 3.05) is 0 Å². The molecule has 0 amide bonds. The van der Waals surface area contributed by atoms with E-state index in [1.165, 1.54) is 28.7 Å². The minimum atomic E-state index is 0.607. The Morgan fingerprint density at radius 3 is 1.65 bits per heavy atom. The molecule has 0 aliphatic carbocycles. The molecule has 88 valence electrons. The van der Waals surface area contributed by atoms with Gasteiger partial charge in [-0.3, -0.25) is 0 Å². The van der Waals surface area contributed by atoms with Gasteiger partial charge in [0.15, 0.2) is 0 Å². The molecule has 0 aliphatic heterocycles. The van der Waals surface area contributed by atoms with Gasteiger partial charge in [-0.2, -0.15) is 0 Å². The average molecular weight is 225 g/mol. The molecule has 0 bridgehead atoms. The highest BCUT2D eigenvalue weighted by Gasteiger charge is 1.98. The number of aryl methyl sites for hydroxylation is 1. The molecule has 17 heavy (non-hydrogen) atoms. The fourth-order valence-electron chi connectivity index (χ4n) is 1.99. The summed E-state index contributed by atoms with van der Waals surface area (Å²) in [6, 6.07) is 17.3. The summed E-state index contributed by atoms with van der Waals surface area (Å²) in [4.78, 5) is 0. The quantitative estimate of drug-likeness (QED) is 0.842. The van der Waals surface area contributed by atoms with Gasteiger partial charge in [-0.15, -0.1) is 0 Å². The van der Waals surface area contributed by atoms with Crippen molar-refractivity contribution in [1.29, 1.82) is 0 Å². The molecule has 2 aromatic rings. The molecule has 1 heteroatoms. The number of benzene rings is 2. The second-order valence-electron chi connectivity index (χ2n) is 4.35. The molecule has 0 fully saturated rings. The van der Waals surface area contributed by atoms with Crippen LogP contribution < -0.4 is 5.73 Å². The minimum Gasteiger partial charge on any atom is -0.326 e. The molecule has 0 spiro atoms. The van der Waals surface area contributed by atoms with Crippen LogP contribution in [-0.4, -0.2) is 0 Å². The van der Waals surface area contributed by atoms with Gasteiger partial charge in [-0.25, -0.2) is 0 Å². The Balaban J connectivity index is 2.20. The van der Waals surface area contributed by atoms with E-state index in [1.807, 2.05) is 0 Å². The van der Waals surface area contributed by atoms with Crippen LogP contribution in [0.15, 0.2) is 48.5 Å². The van der Waals surface area contributed by atoms with Crippen LogP contribution in [0.4, 0.5) is 0 Å². The molecule has 0 aliphatic rings. The molecule has 2 N–H and O–H groups in total. The van der Waals surface area contributed by atoms with E-state index in [9.17, 15) is 0 Å². The van der Waals surface area contributed by atoms with Crippen LogP contribution in [0.25, 0.3) is 11.1 Å². The third-order valence-electron chi connectivity index (χ3n) is 3.02. The second-order valence-corrected chi connectivity index (χ2v) is 4.35. The van der Waals surface area contributed by atoms with Crippen molar-refractivity contribution in [3.63, 3.8) is 0 Å². The summed E-state index contributed by atoms with van der Waals surface area (Å²) < 4.78 is 0. The van der Waals surface area contributed by atoms with Crippen molar-refractivity contribution in [3.8, 4) is 11.1 Å². The Hall–Kier alpha value is -1.60. The first-order valence-corrected chi connectivity index (χ1v) is 6.22. The first kappa shape index (κ1) is 11.9. The van der Waals surface area contributed by atoms with E-state index in [4.69, 9.17) is 5.73 Å². The third kappa shape index (κ3) is 2.95. The fraction of sp³-hybridized carbons (Fsp3) is 0.250. The summed E-state index contributed by atoms with van der Waals surface area (Å²) in [6.07, 6.45) is 2.36. The molecular weight excluding hydrogens is 206 g/mol. The summed E-state index contributed by atoms with van der Waals surface area (Å²) in [6.45, 7) is 2.81. The third-order valence-corrected chi connectivity index (χ3v) is 3.02. The predicted octanol–water partition coefficient (Wildman–Crippen LogP) is 3.76. The maximum Gasteiger partial charge on any atom is 0.0178 e. The maximum absolute atomic E-state index is 5.59. The lowest BCUT2D eigenvalue weighted by Crippen LogP contribution is -1.95. The summed E-state index contributed by atoms with van der Waals surface area (Å²) in [7, 11) is 0. The molecule has 0 aromatic heterocycles. The van der Waals surface area contributed by atoms with Gasteiger partial charge in [0.25, 0.3) is 0 Å². The fourth-order valence-corrected chi connectivity index (χ4v) is 1.99. The standard InChI is InChI=1S/C16H19N/c1-2-3-13-4-8-15(9-5-13)16-10-6-14(12-17)7-11-16/h4-11H,2-3,12,17H2,1H3. The van der Waals surface area contributed by atoms with Crippen LogP contribution in [-0.2, 0) is 13.0 Å². The summed E-state index contributed by atoms with van der Waals surface area (Å²) in [5, 5.41) is 0.